The molecule has 0 unspecified atom stereocenters. The Balaban J connectivity index is 1.45. The molecule has 214 valence electrons. The average molecular weight is 552 g/mol. The van der Waals surface area contributed by atoms with Gasteiger partial charge < -0.3 is 25.0 Å². The molecule has 2 fully saturated rings. The molecule has 1 saturated heterocycles. The lowest BCUT2D eigenvalue weighted by Gasteiger charge is -2.29. The van der Waals surface area contributed by atoms with Gasteiger partial charge in [-0.15, -0.1) is 0 Å². The number of hydrogen-bond acceptors (Lipinski definition) is 8. The summed E-state index contributed by atoms with van der Waals surface area (Å²) in [6, 6.07) is 7.72. The summed E-state index contributed by atoms with van der Waals surface area (Å²) in [5.74, 6) is 0.957. The van der Waals surface area contributed by atoms with Crippen molar-refractivity contribution in [3.05, 3.63) is 46.5 Å². The van der Waals surface area contributed by atoms with Gasteiger partial charge in [0.1, 0.15) is 5.82 Å². The van der Waals surface area contributed by atoms with Crippen LogP contribution in [0.2, 0.25) is 0 Å². The Morgan fingerprint density at radius 3 is 2.38 bits per heavy atom. The minimum atomic E-state index is -0.532. The van der Waals surface area contributed by atoms with Gasteiger partial charge in [0.2, 0.25) is 0 Å². The van der Waals surface area contributed by atoms with Crippen LogP contribution in [0, 0.1) is 0 Å². The van der Waals surface area contributed by atoms with Crippen LogP contribution in [0.3, 0.4) is 0 Å². The summed E-state index contributed by atoms with van der Waals surface area (Å²) in [4.78, 5) is 43.9. The van der Waals surface area contributed by atoms with Crippen LogP contribution in [0.4, 0.5) is 26.8 Å². The molecular weight excluding hydrogens is 514 g/mol. The zero-order valence-corrected chi connectivity index (χ0v) is 23.4. The standard InChI is InChI=1S/C28H37N7O5/c1-33-9-7-17(8-10-33)18-11-20(13-21(12-18)32-27(37)40-4)30-25-15-23-24(16-29-25)34(2)28(38)35(23)22-6-5-19(14-22)31-26(36)39-3/h11-13,15-17,19,22H,5-10,14H2,1-4H3,(H,29,30)(H,31,36)(H,32,37)/t19-,22-/m1/s1. The molecule has 5 rings (SSSR count). The molecule has 0 bridgehead atoms. The minimum absolute atomic E-state index is 0.0536. The highest BCUT2D eigenvalue weighted by Gasteiger charge is 2.30. The molecule has 12 nitrogen and oxygen atoms in total. The monoisotopic (exact) mass is 551 g/mol. The second-order valence-corrected chi connectivity index (χ2v) is 10.7. The van der Waals surface area contributed by atoms with Crippen molar-refractivity contribution in [1.29, 1.82) is 0 Å². The number of aromatic nitrogens is 3. The van der Waals surface area contributed by atoms with Gasteiger partial charge in [-0.3, -0.25) is 14.5 Å². The van der Waals surface area contributed by atoms with Crippen LogP contribution in [0.25, 0.3) is 11.0 Å². The van der Waals surface area contributed by atoms with E-state index in [1.54, 1.807) is 22.4 Å². The largest absolute Gasteiger partial charge is 0.453 e. The lowest BCUT2D eigenvalue weighted by Crippen LogP contribution is -2.33. The number of methoxy groups -OCH3 is 2. The number of rotatable bonds is 6. The number of fused-ring (bicyclic) bond motifs is 1. The van der Waals surface area contributed by atoms with E-state index < -0.39 is 12.2 Å². The number of hydrogen-bond donors (Lipinski definition) is 3. The number of piperidine rings is 1. The molecule has 2 amide bonds. The molecule has 12 heteroatoms. The van der Waals surface area contributed by atoms with Crippen molar-refractivity contribution in [2.75, 3.05) is 45.0 Å². The molecule has 2 atom stereocenters. The first kappa shape index (κ1) is 27.5. The van der Waals surface area contributed by atoms with Crippen molar-refractivity contribution >= 4 is 40.4 Å². The average Bonchev–Trinajstić information content (AvgIpc) is 3.49. The van der Waals surface area contributed by atoms with E-state index in [1.165, 1.54) is 14.2 Å². The van der Waals surface area contributed by atoms with E-state index in [1.807, 2.05) is 18.2 Å². The molecule has 3 aromatic rings. The van der Waals surface area contributed by atoms with E-state index in [2.05, 4.69) is 38.9 Å². The van der Waals surface area contributed by atoms with Gasteiger partial charge in [0.15, 0.2) is 0 Å². The molecule has 2 aliphatic rings. The molecular formula is C28H37N7O5. The fourth-order valence-corrected chi connectivity index (χ4v) is 5.92. The summed E-state index contributed by atoms with van der Waals surface area (Å²) >= 11 is 0. The number of amides is 2. The number of nitrogens with one attached hydrogen (secondary N) is 3. The van der Waals surface area contributed by atoms with E-state index >= 15 is 0 Å². The number of imidazole rings is 1. The maximum atomic E-state index is 13.3. The van der Waals surface area contributed by atoms with E-state index in [0.29, 0.717) is 23.8 Å². The molecule has 0 spiro atoms. The summed E-state index contributed by atoms with van der Waals surface area (Å²) in [6.45, 7) is 2.03. The van der Waals surface area contributed by atoms with Crippen LogP contribution in [-0.2, 0) is 16.5 Å². The van der Waals surface area contributed by atoms with Crippen LogP contribution < -0.4 is 21.6 Å². The number of aryl methyl sites for hydroxylation is 1. The van der Waals surface area contributed by atoms with Gasteiger partial charge in [0.05, 0.1) is 31.4 Å². The molecule has 3 heterocycles. The number of likely N-dealkylation sites (tertiary alicyclic amines) is 1. The zero-order valence-electron chi connectivity index (χ0n) is 23.4. The Labute approximate surface area is 232 Å². The van der Waals surface area contributed by atoms with Gasteiger partial charge in [-0.05, 0) is 81.9 Å². The van der Waals surface area contributed by atoms with E-state index in [0.717, 1.165) is 61.1 Å². The van der Waals surface area contributed by atoms with Gasteiger partial charge in [-0.25, -0.2) is 19.4 Å². The van der Waals surface area contributed by atoms with E-state index in [9.17, 15) is 14.4 Å². The highest BCUT2D eigenvalue weighted by molar-refractivity contribution is 5.86. The third-order valence-corrected chi connectivity index (χ3v) is 8.10. The van der Waals surface area contributed by atoms with Crippen LogP contribution >= 0.6 is 0 Å². The Morgan fingerprint density at radius 1 is 0.925 bits per heavy atom. The van der Waals surface area contributed by atoms with Crippen LogP contribution in [-0.4, -0.2) is 71.6 Å². The molecule has 1 aromatic carbocycles. The number of nitrogens with zero attached hydrogens (tertiary/aromatic N) is 4. The number of carbonyl (C=O) groups excluding carboxylic acids is 2. The first-order chi connectivity index (χ1) is 19.2. The summed E-state index contributed by atoms with van der Waals surface area (Å²) < 4.78 is 13.0. The normalized spacial score (nSPS) is 19.9. The van der Waals surface area contributed by atoms with Gasteiger partial charge in [-0.2, -0.15) is 0 Å². The molecule has 2 aromatic heterocycles. The summed E-state index contributed by atoms with van der Waals surface area (Å²) in [5, 5.41) is 9.04. The number of anilines is 3. The van der Waals surface area contributed by atoms with Crippen molar-refractivity contribution in [1.82, 2.24) is 24.3 Å². The number of pyridine rings is 1. The van der Waals surface area contributed by atoms with Gasteiger partial charge in [0, 0.05) is 36.6 Å². The van der Waals surface area contributed by atoms with Crippen LogP contribution in [0.1, 0.15) is 49.6 Å². The number of ether oxygens (including phenoxy) is 2. The Kier molecular flexibility index (Phi) is 7.97. The van der Waals surface area contributed by atoms with Crippen LogP contribution in [0.5, 0.6) is 0 Å². The fourth-order valence-electron chi connectivity index (χ4n) is 5.92. The van der Waals surface area contributed by atoms with Gasteiger partial charge in [0.25, 0.3) is 0 Å². The second kappa shape index (κ2) is 11.6. The smallest absolute Gasteiger partial charge is 0.411 e. The Morgan fingerprint density at radius 2 is 1.65 bits per heavy atom. The van der Waals surface area contributed by atoms with Crippen LogP contribution in [0.15, 0.2) is 35.3 Å². The number of benzene rings is 1. The van der Waals surface area contributed by atoms with Crippen molar-refractivity contribution in [3.8, 4) is 0 Å². The number of alkyl carbamates (subject to hydrolysis) is 1. The first-order valence-electron chi connectivity index (χ1n) is 13.6. The van der Waals surface area contributed by atoms with Crippen molar-refractivity contribution in [2.24, 2.45) is 7.05 Å². The van der Waals surface area contributed by atoms with Crippen molar-refractivity contribution in [3.63, 3.8) is 0 Å². The lowest BCUT2D eigenvalue weighted by atomic mass is 9.89. The molecule has 1 saturated carbocycles. The maximum Gasteiger partial charge on any atom is 0.411 e. The summed E-state index contributed by atoms with van der Waals surface area (Å²) in [6.07, 6.45) is 4.93. The zero-order chi connectivity index (χ0) is 28.4. The second-order valence-electron chi connectivity index (χ2n) is 10.7. The fraction of sp³-hybridized carbons (Fsp3) is 0.500. The predicted molar refractivity (Wildman–Crippen MR) is 152 cm³/mol. The quantitative estimate of drug-likeness (QED) is 0.420. The van der Waals surface area contributed by atoms with Gasteiger partial charge >= 0.3 is 17.9 Å². The molecule has 40 heavy (non-hydrogen) atoms. The predicted octanol–water partition coefficient (Wildman–Crippen LogP) is 3.92. The highest BCUT2D eigenvalue weighted by atomic mass is 16.5. The summed E-state index contributed by atoms with van der Waals surface area (Å²) in [5.41, 5.74) is 3.94. The molecule has 0 radical (unpaired) electrons. The third-order valence-electron chi connectivity index (χ3n) is 8.10. The minimum Gasteiger partial charge on any atom is -0.453 e. The van der Waals surface area contributed by atoms with E-state index in [4.69, 9.17) is 9.47 Å². The lowest BCUT2D eigenvalue weighted by molar-refractivity contribution is 0.166. The van der Waals surface area contributed by atoms with Crippen molar-refractivity contribution in [2.45, 2.75) is 50.1 Å². The topological polar surface area (TPSA) is 132 Å². The Bertz CT molecular complexity index is 1460. The van der Waals surface area contributed by atoms with Crippen molar-refractivity contribution < 1.29 is 19.1 Å². The molecule has 1 aliphatic carbocycles. The van der Waals surface area contributed by atoms with Gasteiger partial charge in [-0.1, -0.05) is 0 Å². The Hall–Kier alpha value is -4.06. The number of carbonyl (C=O) groups is 2. The third kappa shape index (κ3) is 5.76. The molecule has 3 N–H and O–H groups in total. The molecule has 1 aliphatic heterocycles. The van der Waals surface area contributed by atoms with E-state index in [-0.39, 0.29) is 17.8 Å². The SMILES string of the molecule is COC(=O)Nc1cc(Nc2cc3c(cn2)n(C)c(=O)n3[C@@H]2CC[C@@H](NC(=O)OC)C2)cc(C2CCN(C)CC2)c1. The highest BCUT2D eigenvalue weighted by Crippen LogP contribution is 2.34. The maximum absolute atomic E-state index is 13.3. The first-order valence-corrected chi connectivity index (χ1v) is 13.6. The summed E-state index contributed by atoms with van der Waals surface area (Å²) in [7, 11) is 6.55.